The lowest BCUT2D eigenvalue weighted by Crippen LogP contribution is -2.33. The Balaban J connectivity index is 2.09. The lowest BCUT2D eigenvalue weighted by Gasteiger charge is -2.22. The van der Waals surface area contributed by atoms with Gasteiger partial charge in [0.2, 0.25) is 10.0 Å². The average Bonchev–Trinajstić information content (AvgIpc) is 2.93. The third kappa shape index (κ3) is 3.89. The fourth-order valence-corrected chi connectivity index (χ4v) is 3.40. The van der Waals surface area contributed by atoms with E-state index in [1.807, 2.05) is 0 Å². The summed E-state index contributed by atoms with van der Waals surface area (Å²) in [4.78, 5) is 0.0350. The van der Waals surface area contributed by atoms with Crippen LogP contribution in [0.2, 0.25) is 0 Å². The van der Waals surface area contributed by atoms with E-state index in [-0.39, 0.29) is 17.2 Å². The molecule has 0 aromatic heterocycles. The maximum absolute atomic E-state index is 12.4. The molecule has 1 aliphatic rings. The zero-order chi connectivity index (χ0) is 16.2. The minimum Gasteiger partial charge on any atom is -0.497 e. The summed E-state index contributed by atoms with van der Waals surface area (Å²) in [7, 11) is -0.828. The summed E-state index contributed by atoms with van der Waals surface area (Å²) in [6.45, 7) is 3.03. The van der Waals surface area contributed by atoms with Gasteiger partial charge in [-0.2, -0.15) is 0 Å². The fourth-order valence-electron chi connectivity index (χ4n) is 2.19. The molecular formula is C14H21NO6S. The van der Waals surface area contributed by atoms with Gasteiger partial charge in [0.1, 0.15) is 16.4 Å². The molecular weight excluding hydrogens is 310 g/mol. The Labute approximate surface area is 130 Å². The van der Waals surface area contributed by atoms with E-state index in [0.717, 1.165) is 0 Å². The van der Waals surface area contributed by atoms with Crippen molar-refractivity contribution in [2.75, 3.05) is 34.0 Å². The molecule has 0 spiro atoms. The minimum absolute atomic E-state index is 0.0350. The largest absolute Gasteiger partial charge is 0.497 e. The normalized spacial score (nSPS) is 17.4. The smallest absolute Gasteiger partial charge is 0.244 e. The second kappa shape index (κ2) is 6.82. The molecule has 22 heavy (non-hydrogen) atoms. The van der Waals surface area contributed by atoms with E-state index in [1.54, 1.807) is 19.1 Å². The molecule has 1 saturated heterocycles. The Kier molecular flexibility index (Phi) is 5.28. The number of hydrogen-bond donors (Lipinski definition) is 1. The first-order valence-corrected chi connectivity index (χ1v) is 8.38. The molecule has 0 atom stereocenters. The van der Waals surface area contributed by atoms with E-state index in [0.29, 0.717) is 25.4 Å². The van der Waals surface area contributed by atoms with Crippen molar-refractivity contribution in [1.29, 1.82) is 0 Å². The highest BCUT2D eigenvalue weighted by Gasteiger charge is 2.31. The highest BCUT2D eigenvalue weighted by atomic mass is 32.2. The van der Waals surface area contributed by atoms with E-state index in [4.69, 9.17) is 18.9 Å². The highest BCUT2D eigenvalue weighted by molar-refractivity contribution is 7.89. The third-order valence-corrected chi connectivity index (χ3v) is 4.91. The third-order valence-electron chi connectivity index (χ3n) is 3.43. The van der Waals surface area contributed by atoms with Crippen LogP contribution in [0.4, 0.5) is 0 Å². The number of rotatable bonds is 7. The van der Waals surface area contributed by atoms with Gasteiger partial charge in [-0.3, -0.25) is 0 Å². The molecule has 1 aromatic carbocycles. The van der Waals surface area contributed by atoms with E-state index in [9.17, 15) is 8.42 Å². The van der Waals surface area contributed by atoms with Gasteiger partial charge in [-0.25, -0.2) is 13.1 Å². The van der Waals surface area contributed by atoms with Crippen molar-refractivity contribution in [2.24, 2.45) is 0 Å². The molecule has 0 saturated carbocycles. The van der Waals surface area contributed by atoms with Gasteiger partial charge in [-0.1, -0.05) is 0 Å². The van der Waals surface area contributed by atoms with Gasteiger partial charge in [0, 0.05) is 19.0 Å². The van der Waals surface area contributed by atoms with Gasteiger partial charge in [0.15, 0.2) is 5.79 Å². The first kappa shape index (κ1) is 17.0. The standard InChI is InChI=1S/C14H21NO6S/c1-14(20-8-9-21-14)6-7-15-22(16,17)13-10-11(18-2)4-5-12(13)19-3/h4-5,10,15H,6-9H2,1-3H3. The second-order valence-corrected chi connectivity index (χ2v) is 6.73. The van der Waals surface area contributed by atoms with Crippen molar-refractivity contribution in [1.82, 2.24) is 4.72 Å². The Morgan fingerprint density at radius 2 is 1.91 bits per heavy atom. The van der Waals surface area contributed by atoms with Gasteiger partial charge in [0.05, 0.1) is 27.4 Å². The van der Waals surface area contributed by atoms with E-state index in [1.165, 1.54) is 20.3 Å². The molecule has 1 N–H and O–H groups in total. The molecule has 1 aromatic rings. The summed E-state index contributed by atoms with van der Waals surface area (Å²) in [6, 6.07) is 4.61. The van der Waals surface area contributed by atoms with Crippen molar-refractivity contribution >= 4 is 10.0 Å². The van der Waals surface area contributed by atoms with Gasteiger partial charge >= 0.3 is 0 Å². The van der Waals surface area contributed by atoms with Crippen LogP contribution in [-0.4, -0.2) is 48.2 Å². The van der Waals surface area contributed by atoms with Gasteiger partial charge in [0.25, 0.3) is 0 Å². The number of sulfonamides is 1. The Bertz CT molecular complexity index is 610. The van der Waals surface area contributed by atoms with Crippen molar-refractivity contribution in [3.8, 4) is 11.5 Å². The summed E-state index contributed by atoms with van der Waals surface area (Å²) in [5, 5.41) is 0. The SMILES string of the molecule is COc1ccc(OC)c(S(=O)(=O)NCCC2(C)OCCO2)c1. The Morgan fingerprint density at radius 1 is 1.23 bits per heavy atom. The lowest BCUT2D eigenvalue weighted by molar-refractivity contribution is -0.145. The second-order valence-electron chi connectivity index (χ2n) is 5.00. The maximum Gasteiger partial charge on any atom is 0.244 e. The highest BCUT2D eigenvalue weighted by Crippen LogP contribution is 2.28. The minimum atomic E-state index is -3.72. The van der Waals surface area contributed by atoms with Crippen LogP contribution in [0.1, 0.15) is 13.3 Å². The molecule has 0 amide bonds. The zero-order valence-electron chi connectivity index (χ0n) is 12.9. The van der Waals surface area contributed by atoms with Gasteiger partial charge < -0.3 is 18.9 Å². The van der Waals surface area contributed by atoms with Crippen molar-refractivity contribution in [3.05, 3.63) is 18.2 Å². The summed E-state index contributed by atoms with van der Waals surface area (Å²) < 4.78 is 48.4. The summed E-state index contributed by atoms with van der Waals surface area (Å²) in [6.07, 6.45) is 0.415. The maximum atomic E-state index is 12.4. The van der Waals surface area contributed by atoms with E-state index in [2.05, 4.69) is 4.72 Å². The summed E-state index contributed by atoms with van der Waals surface area (Å²) in [5.41, 5.74) is 0. The van der Waals surface area contributed by atoms with Crippen LogP contribution in [0.3, 0.4) is 0 Å². The Morgan fingerprint density at radius 3 is 2.50 bits per heavy atom. The average molecular weight is 331 g/mol. The first-order valence-electron chi connectivity index (χ1n) is 6.90. The van der Waals surface area contributed by atoms with Crippen LogP contribution in [0, 0.1) is 0 Å². The first-order chi connectivity index (χ1) is 10.4. The molecule has 0 bridgehead atoms. The van der Waals surface area contributed by atoms with Crippen LogP contribution in [0.5, 0.6) is 11.5 Å². The molecule has 8 heteroatoms. The number of benzene rings is 1. The predicted molar refractivity (Wildman–Crippen MR) is 79.7 cm³/mol. The summed E-state index contributed by atoms with van der Waals surface area (Å²) >= 11 is 0. The van der Waals surface area contributed by atoms with Crippen molar-refractivity contribution < 1.29 is 27.4 Å². The molecule has 7 nitrogen and oxygen atoms in total. The molecule has 0 unspecified atom stereocenters. The monoisotopic (exact) mass is 331 g/mol. The number of methoxy groups -OCH3 is 2. The number of nitrogens with one attached hydrogen (secondary N) is 1. The quantitative estimate of drug-likeness (QED) is 0.806. The molecule has 0 radical (unpaired) electrons. The van der Waals surface area contributed by atoms with Crippen LogP contribution >= 0.6 is 0 Å². The van der Waals surface area contributed by atoms with Crippen LogP contribution < -0.4 is 14.2 Å². The van der Waals surface area contributed by atoms with Crippen LogP contribution in [-0.2, 0) is 19.5 Å². The zero-order valence-corrected chi connectivity index (χ0v) is 13.7. The molecule has 124 valence electrons. The predicted octanol–water partition coefficient (Wildman–Crippen LogP) is 1.14. The number of hydrogen-bond acceptors (Lipinski definition) is 6. The van der Waals surface area contributed by atoms with Gasteiger partial charge in [-0.05, 0) is 19.1 Å². The summed E-state index contributed by atoms with van der Waals surface area (Å²) in [5.74, 6) is -0.0375. The number of ether oxygens (including phenoxy) is 4. The van der Waals surface area contributed by atoms with Crippen molar-refractivity contribution in [2.45, 2.75) is 24.0 Å². The molecule has 1 heterocycles. The molecule has 1 aliphatic heterocycles. The molecule has 1 fully saturated rings. The van der Waals surface area contributed by atoms with E-state index < -0.39 is 15.8 Å². The lowest BCUT2D eigenvalue weighted by atomic mass is 10.2. The van der Waals surface area contributed by atoms with Crippen LogP contribution in [0.15, 0.2) is 23.1 Å². The Hall–Kier alpha value is -1.35. The molecule has 0 aliphatic carbocycles. The fraction of sp³-hybridized carbons (Fsp3) is 0.571. The van der Waals surface area contributed by atoms with E-state index >= 15 is 0 Å². The van der Waals surface area contributed by atoms with Crippen molar-refractivity contribution in [3.63, 3.8) is 0 Å². The topological polar surface area (TPSA) is 83.1 Å². The molecule has 2 rings (SSSR count). The van der Waals surface area contributed by atoms with Crippen LogP contribution in [0.25, 0.3) is 0 Å². The van der Waals surface area contributed by atoms with Gasteiger partial charge in [-0.15, -0.1) is 0 Å².